The molecule has 1 aromatic heterocycles. The van der Waals surface area contributed by atoms with Crippen molar-refractivity contribution in [2.75, 3.05) is 74.3 Å². The predicted molar refractivity (Wildman–Crippen MR) is 227 cm³/mol. The molecule has 0 radical (unpaired) electrons. The number of carboxylic acid groups (broad SMARTS) is 1. The molecule has 0 aliphatic carbocycles. The Hall–Kier alpha value is -3.79. The summed E-state index contributed by atoms with van der Waals surface area (Å²) in [5.74, 6) is 1.58. The van der Waals surface area contributed by atoms with E-state index in [1.807, 2.05) is 28.1 Å². The van der Waals surface area contributed by atoms with E-state index in [1.54, 1.807) is 12.0 Å². The Bertz CT molecular complexity index is 2010. The van der Waals surface area contributed by atoms with E-state index in [-0.39, 0.29) is 48.7 Å². The molecule has 0 saturated heterocycles. The number of ether oxygens (including phenoxy) is 2. The first-order chi connectivity index (χ1) is 27.2. The summed E-state index contributed by atoms with van der Waals surface area (Å²) in [4.78, 5) is 59.9. The minimum atomic E-state index is -4.35. The van der Waals surface area contributed by atoms with Gasteiger partial charge < -0.3 is 33.5 Å². The van der Waals surface area contributed by atoms with Crippen molar-refractivity contribution in [2.24, 2.45) is 10.4 Å². The van der Waals surface area contributed by atoms with E-state index in [4.69, 9.17) is 37.5 Å². The van der Waals surface area contributed by atoms with Crippen LogP contribution in [0.25, 0.3) is 0 Å². The first-order valence-electron chi connectivity index (χ1n) is 17.9. The van der Waals surface area contributed by atoms with Crippen LogP contribution in [0.2, 0.25) is 0 Å². The zero-order valence-corrected chi connectivity index (χ0v) is 37.3. The van der Waals surface area contributed by atoms with Crippen molar-refractivity contribution >= 4 is 76.5 Å². The molecule has 1 unspecified atom stereocenters. The largest absolute Gasteiger partial charge is 0.778 e. The van der Waals surface area contributed by atoms with E-state index in [0.29, 0.717) is 27.1 Å². The Kier molecular flexibility index (Phi) is 20.6. The Morgan fingerprint density at radius 1 is 1.26 bits per heavy atom. The van der Waals surface area contributed by atoms with Crippen LogP contribution < -0.4 is 29.5 Å². The van der Waals surface area contributed by atoms with Gasteiger partial charge in [0.25, 0.3) is 5.91 Å². The van der Waals surface area contributed by atoms with E-state index in [1.165, 1.54) is 28.6 Å². The van der Waals surface area contributed by atoms with Gasteiger partial charge in [0.05, 0.1) is 49.5 Å². The Morgan fingerprint density at radius 3 is 2.40 bits per heavy atom. The quantitative estimate of drug-likeness (QED) is 0.0784. The molecule has 5 rings (SSSR count). The number of amides is 2. The van der Waals surface area contributed by atoms with Crippen LogP contribution in [-0.4, -0.2) is 101 Å². The molecule has 15 nitrogen and oxygen atoms in total. The van der Waals surface area contributed by atoms with E-state index >= 15 is 0 Å². The van der Waals surface area contributed by atoms with E-state index in [9.17, 15) is 28.2 Å². The van der Waals surface area contributed by atoms with Crippen LogP contribution in [0.5, 0.6) is 5.75 Å². The third-order valence-corrected chi connectivity index (χ3v) is 9.56. The number of anilines is 2. The molecule has 3 N–H and O–H groups in total. The summed E-state index contributed by atoms with van der Waals surface area (Å²) in [6, 6.07) is 8.86. The predicted octanol–water partition coefficient (Wildman–Crippen LogP) is 3.90. The van der Waals surface area contributed by atoms with Gasteiger partial charge in [0.15, 0.2) is 12.4 Å². The number of fused-ring (bicyclic) bond motifs is 2. The number of carboxylic acids is 1. The summed E-state index contributed by atoms with van der Waals surface area (Å²) in [5, 5.41) is 9.97. The number of nitrogens with zero attached hydrogens (tertiary/aromatic N) is 5. The highest BCUT2D eigenvalue weighted by Gasteiger charge is 2.31. The highest BCUT2D eigenvalue weighted by Crippen LogP contribution is 2.37. The molecule has 0 spiro atoms. The summed E-state index contributed by atoms with van der Waals surface area (Å²) in [5.41, 5.74) is 3.92. The molecule has 20 heteroatoms. The topological polar surface area (TPSA) is 199 Å². The van der Waals surface area contributed by atoms with Crippen LogP contribution in [0.3, 0.4) is 0 Å². The average Bonchev–Trinajstić information content (AvgIpc) is 3.65. The number of methoxy groups -OCH3 is 1. The number of hydrogen-bond acceptors (Lipinski definition) is 11. The molecule has 3 aromatic rings. The Balaban J connectivity index is 0.000000315. The first kappa shape index (κ1) is 50.4. The molecule has 0 saturated carbocycles. The number of benzene rings is 2. The highest BCUT2D eigenvalue weighted by molar-refractivity contribution is 7.94. The number of terminal acetylenes is 1. The van der Waals surface area contributed by atoms with Gasteiger partial charge in [-0.05, 0) is 46.3 Å². The van der Waals surface area contributed by atoms with Crippen molar-refractivity contribution in [3.8, 4) is 18.1 Å². The molecule has 320 valence electrons. The molecule has 2 aliphatic rings. The molecule has 1 atom stereocenters. The van der Waals surface area contributed by atoms with Gasteiger partial charge in [0, 0.05) is 37.7 Å². The van der Waals surface area contributed by atoms with Crippen molar-refractivity contribution < 1.29 is 47.7 Å². The number of rotatable bonds is 12. The number of aryl methyl sites for hydroxylation is 2. The minimum absolute atomic E-state index is 0.0371. The molecule has 58 heavy (non-hydrogen) atoms. The summed E-state index contributed by atoms with van der Waals surface area (Å²) in [6.45, 7) is 8.96. The molecule has 2 amide bonds. The Morgan fingerprint density at radius 2 is 1.88 bits per heavy atom. The smallest absolute Gasteiger partial charge is 0.317 e. The second kappa shape index (κ2) is 23.7. The van der Waals surface area contributed by atoms with Gasteiger partial charge in [-0.3, -0.25) is 29.5 Å². The fourth-order valence-electron chi connectivity index (χ4n) is 5.57. The maximum absolute atomic E-state index is 14.5. The van der Waals surface area contributed by atoms with Crippen molar-refractivity contribution in [1.29, 1.82) is 0 Å². The number of para-hydroxylation sites is 1. The normalized spacial score (nSPS) is 14.9. The van der Waals surface area contributed by atoms with Crippen molar-refractivity contribution in [1.82, 2.24) is 14.3 Å². The number of carbonyl (C=O) groups is 3. The maximum atomic E-state index is 14.5. The van der Waals surface area contributed by atoms with E-state index in [2.05, 4.69) is 61.7 Å². The lowest BCUT2D eigenvalue weighted by Crippen LogP contribution is -2.39. The fraction of sp³-hybridized carbons (Fsp3) is 0.500. The van der Waals surface area contributed by atoms with Crippen LogP contribution in [0.1, 0.15) is 44.6 Å². The number of hydrogen-bond donors (Lipinski definition) is 3. The third-order valence-electron chi connectivity index (χ3n) is 7.93. The molecular weight excluding hydrogens is 834 g/mol. The van der Waals surface area contributed by atoms with Gasteiger partial charge in [-0.25, -0.2) is 9.38 Å². The summed E-state index contributed by atoms with van der Waals surface area (Å²) in [7, 11) is -2.13. The molecule has 3 heterocycles. The second-order valence-corrected chi connectivity index (χ2v) is 19.0. The van der Waals surface area contributed by atoms with Crippen LogP contribution in [0.4, 0.5) is 21.5 Å². The van der Waals surface area contributed by atoms with Gasteiger partial charge in [0.2, 0.25) is 10.7 Å². The number of nitrogens with one attached hydrogen (secondary N) is 1. The monoisotopic (exact) mass is 886 g/mol. The lowest BCUT2D eigenvalue weighted by molar-refractivity contribution is -0.193. The van der Waals surface area contributed by atoms with Gasteiger partial charge in [-0.2, -0.15) is 4.37 Å². The van der Waals surface area contributed by atoms with Crippen molar-refractivity contribution in [2.45, 2.75) is 53.5 Å². The summed E-state index contributed by atoms with van der Waals surface area (Å²) < 4.78 is 41.4. The van der Waals surface area contributed by atoms with Crippen LogP contribution in [0, 0.1) is 23.6 Å². The number of halogens is 2. The van der Waals surface area contributed by atoms with Crippen molar-refractivity contribution in [3.63, 3.8) is 0 Å². The first-order valence-corrected chi connectivity index (χ1v) is 23.4. The molecule has 0 bridgehead atoms. The highest BCUT2D eigenvalue weighted by atomic mass is 35.5. The van der Waals surface area contributed by atoms with Crippen LogP contribution in [0.15, 0.2) is 35.3 Å². The SMILES string of the molecule is C#CCN1C(=O)COc2cc(F)c(N=c3snc4n3CC(C)(C)C4)cc21.CCc1cccc(CC)c1N(COC)C(=O)CCl.C[S+](C)C.O=C(O)CNCP(=O)([O-])O. The molecule has 2 aliphatic heterocycles. The number of carbonyl (C=O) groups excluding carboxylic acids is 2. The number of aliphatic carboxylic acids is 1. The zero-order chi connectivity index (χ0) is 43.8. The molecular formula is C38H53ClFN6O9PS2. The zero-order valence-electron chi connectivity index (χ0n) is 34.0. The maximum Gasteiger partial charge on any atom is 0.317 e. The number of alkyl halides is 1. The second-order valence-electron chi connectivity index (χ2n) is 14.0. The molecule has 0 fully saturated rings. The third kappa shape index (κ3) is 15.8. The summed E-state index contributed by atoms with van der Waals surface area (Å²) in [6.07, 6.45) is 13.8. The van der Waals surface area contributed by atoms with Crippen LogP contribution in [-0.2, 0) is 60.4 Å². The fourth-order valence-corrected chi connectivity index (χ4v) is 6.87. The van der Waals surface area contributed by atoms with Crippen LogP contribution >= 0.6 is 30.7 Å². The van der Waals surface area contributed by atoms with Gasteiger partial charge in [-0.15, -0.1) is 18.0 Å². The summed E-state index contributed by atoms with van der Waals surface area (Å²) >= 11 is 6.92. The lowest BCUT2D eigenvalue weighted by atomic mass is 9.92. The average molecular weight is 887 g/mol. The van der Waals surface area contributed by atoms with E-state index in [0.717, 1.165) is 48.4 Å². The lowest BCUT2D eigenvalue weighted by Gasteiger charge is -2.28. The minimum Gasteiger partial charge on any atom is -0.778 e. The van der Waals surface area contributed by atoms with Gasteiger partial charge >= 0.3 is 5.97 Å². The molecule has 2 aromatic carbocycles. The van der Waals surface area contributed by atoms with E-state index < -0.39 is 32.2 Å². The number of aromatic nitrogens is 2. The van der Waals surface area contributed by atoms with Gasteiger partial charge in [-0.1, -0.05) is 51.8 Å². The van der Waals surface area contributed by atoms with Gasteiger partial charge in [0.1, 0.15) is 37.5 Å². The Labute approximate surface area is 351 Å². The standard InChI is InChI=1S/C18H17FN4O2S.C14H20ClNO2.C3H8NO5P.C3H9S/c1-4-5-22-13-7-12(11(19)6-14(13)25-9-16(22)24)20-17-23-10-18(2,3)8-15(23)21-26-17;1-4-11-7-6-8-12(5-2)14(11)16(10-18-3)13(17)9-15;5-3(6)1-4-2-10(7,8)9;1-4(2)3/h1,6-7H,5,8-10H2,2-3H3;6-8H,4-5,9-10H2,1-3H3;4H,1-2H2,(H,5,6)(H2,7,8,9);1-3H3/q;;;+1/p-1. The van der Waals surface area contributed by atoms with Crippen molar-refractivity contribution in [3.05, 3.63) is 57.9 Å².